The summed E-state index contributed by atoms with van der Waals surface area (Å²) in [5.74, 6) is 0.682. The van der Waals surface area contributed by atoms with Crippen LogP contribution in [0, 0.1) is 5.82 Å². The van der Waals surface area contributed by atoms with Crippen LogP contribution in [-0.2, 0) is 13.2 Å². The van der Waals surface area contributed by atoms with Crippen molar-refractivity contribution in [1.29, 1.82) is 0 Å². The standard InChI is InChI=1S/C18H23FN2O/c1-21(2)12-11-20-13-16-5-3-4-6-18(16)22-14-15-7-9-17(19)10-8-15/h3-10,20H,11-14H2,1-2H3/p+2. The van der Waals surface area contributed by atoms with E-state index in [-0.39, 0.29) is 5.82 Å². The summed E-state index contributed by atoms with van der Waals surface area (Å²) < 4.78 is 18.8. The summed E-state index contributed by atoms with van der Waals surface area (Å²) in [6.45, 7) is 3.60. The van der Waals surface area contributed by atoms with Gasteiger partial charge in [-0.25, -0.2) is 4.39 Å². The van der Waals surface area contributed by atoms with E-state index in [1.807, 2.05) is 18.2 Å². The highest BCUT2D eigenvalue weighted by atomic mass is 19.1. The zero-order valence-electron chi connectivity index (χ0n) is 13.3. The minimum atomic E-state index is -0.221. The summed E-state index contributed by atoms with van der Waals surface area (Å²) >= 11 is 0. The SMILES string of the molecule is C[NH+](C)CC[NH2+]Cc1ccccc1OCc1ccc(F)cc1. The molecule has 3 nitrogen and oxygen atoms in total. The van der Waals surface area contributed by atoms with Crippen LogP contribution in [-0.4, -0.2) is 27.2 Å². The first kappa shape index (κ1) is 16.5. The molecule has 2 aromatic rings. The molecule has 0 aliphatic carbocycles. The summed E-state index contributed by atoms with van der Waals surface area (Å²) in [7, 11) is 4.32. The normalized spacial score (nSPS) is 10.9. The van der Waals surface area contributed by atoms with Crippen LogP contribution >= 0.6 is 0 Å². The van der Waals surface area contributed by atoms with Crippen molar-refractivity contribution < 1.29 is 19.3 Å². The van der Waals surface area contributed by atoms with Gasteiger partial charge in [-0.15, -0.1) is 0 Å². The molecule has 0 fully saturated rings. The lowest BCUT2D eigenvalue weighted by atomic mass is 10.2. The van der Waals surface area contributed by atoms with Gasteiger partial charge in [0.15, 0.2) is 0 Å². The monoisotopic (exact) mass is 304 g/mol. The van der Waals surface area contributed by atoms with Gasteiger partial charge in [0.25, 0.3) is 0 Å². The molecule has 0 saturated heterocycles. The molecule has 0 amide bonds. The maximum Gasteiger partial charge on any atom is 0.128 e. The molecule has 0 unspecified atom stereocenters. The summed E-state index contributed by atoms with van der Waals surface area (Å²) in [5.41, 5.74) is 2.16. The molecule has 2 rings (SSSR count). The number of nitrogens with one attached hydrogen (secondary N) is 1. The molecule has 0 heterocycles. The lowest BCUT2D eigenvalue weighted by molar-refractivity contribution is -0.875. The minimum absolute atomic E-state index is 0.221. The highest BCUT2D eigenvalue weighted by Gasteiger charge is 2.06. The molecular weight excluding hydrogens is 279 g/mol. The molecule has 0 spiro atoms. The Labute approximate surface area is 131 Å². The van der Waals surface area contributed by atoms with E-state index in [9.17, 15) is 4.39 Å². The van der Waals surface area contributed by atoms with Gasteiger partial charge in [0.2, 0.25) is 0 Å². The third-order valence-electron chi connectivity index (χ3n) is 3.49. The fourth-order valence-corrected chi connectivity index (χ4v) is 2.20. The van der Waals surface area contributed by atoms with Crippen LogP contribution in [0.15, 0.2) is 48.5 Å². The predicted molar refractivity (Wildman–Crippen MR) is 85.3 cm³/mol. The lowest BCUT2D eigenvalue weighted by Gasteiger charge is -2.11. The molecule has 0 bridgehead atoms. The van der Waals surface area contributed by atoms with Gasteiger partial charge >= 0.3 is 0 Å². The summed E-state index contributed by atoms with van der Waals surface area (Å²) in [6.07, 6.45) is 0. The molecule has 0 aromatic heterocycles. The van der Waals surface area contributed by atoms with Crippen LogP contribution in [0.3, 0.4) is 0 Å². The fraction of sp³-hybridized carbons (Fsp3) is 0.333. The molecule has 118 valence electrons. The van der Waals surface area contributed by atoms with Gasteiger partial charge in [-0.2, -0.15) is 0 Å². The average molecular weight is 304 g/mol. The number of rotatable bonds is 8. The van der Waals surface area contributed by atoms with Gasteiger partial charge in [-0.1, -0.05) is 24.3 Å². The largest absolute Gasteiger partial charge is 0.488 e. The molecule has 0 aliphatic heterocycles. The van der Waals surface area contributed by atoms with E-state index in [0.29, 0.717) is 6.61 Å². The van der Waals surface area contributed by atoms with Crippen molar-refractivity contribution in [2.45, 2.75) is 13.2 Å². The number of hydrogen-bond donors (Lipinski definition) is 2. The summed E-state index contributed by atoms with van der Waals surface area (Å²) in [5, 5.41) is 2.30. The van der Waals surface area contributed by atoms with Crippen LogP contribution in [0.4, 0.5) is 4.39 Å². The molecule has 3 N–H and O–H groups in total. The number of hydrogen-bond acceptors (Lipinski definition) is 1. The van der Waals surface area contributed by atoms with Gasteiger partial charge in [0.05, 0.1) is 14.1 Å². The van der Waals surface area contributed by atoms with Crippen LogP contribution in [0.25, 0.3) is 0 Å². The number of ether oxygens (including phenoxy) is 1. The molecule has 0 atom stereocenters. The number of likely N-dealkylation sites (N-methyl/N-ethyl adjacent to an activating group) is 1. The Morgan fingerprint density at radius 3 is 2.50 bits per heavy atom. The van der Waals surface area contributed by atoms with Crippen molar-refractivity contribution in [3.05, 3.63) is 65.5 Å². The maximum atomic E-state index is 12.9. The molecule has 0 radical (unpaired) electrons. The number of benzene rings is 2. The second-order valence-electron chi connectivity index (χ2n) is 5.76. The number of para-hydroxylation sites is 1. The molecule has 2 aromatic carbocycles. The van der Waals surface area contributed by atoms with Crippen molar-refractivity contribution in [2.24, 2.45) is 0 Å². The highest BCUT2D eigenvalue weighted by molar-refractivity contribution is 5.32. The van der Waals surface area contributed by atoms with Gasteiger partial charge < -0.3 is 15.0 Å². The molecule has 0 aliphatic rings. The fourth-order valence-electron chi connectivity index (χ4n) is 2.20. The molecule has 4 heteroatoms. The Morgan fingerprint density at radius 1 is 1.05 bits per heavy atom. The van der Waals surface area contributed by atoms with E-state index in [2.05, 4.69) is 25.5 Å². The zero-order chi connectivity index (χ0) is 15.8. The minimum Gasteiger partial charge on any atom is -0.488 e. The van der Waals surface area contributed by atoms with Crippen molar-refractivity contribution in [3.8, 4) is 5.75 Å². The lowest BCUT2D eigenvalue weighted by Crippen LogP contribution is -3.09. The topological polar surface area (TPSA) is 30.3 Å². The number of halogens is 1. The Hall–Kier alpha value is -1.91. The zero-order valence-corrected chi connectivity index (χ0v) is 13.3. The Kier molecular flexibility index (Phi) is 6.37. The van der Waals surface area contributed by atoms with E-state index in [4.69, 9.17) is 4.74 Å². The van der Waals surface area contributed by atoms with Crippen LogP contribution in [0.1, 0.15) is 11.1 Å². The van der Waals surface area contributed by atoms with Gasteiger partial charge in [-0.05, 0) is 29.8 Å². The first-order chi connectivity index (χ1) is 10.6. The first-order valence-corrected chi connectivity index (χ1v) is 7.71. The van der Waals surface area contributed by atoms with E-state index >= 15 is 0 Å². The van der Waals surface area contributed by atoms with Crippen molar-refractivity contribution in [3.63, 3.8) is 0 Å². The average Bonchev–Trinajstić information content (AvgIpc) is 2.52. The molecular formula is C18H25FN2O+2. The summed E-state index contributed by atoms with van der Waals surface area (Å²) in [4.78, 5) is 1.46. The van der Waals surface area contributed by atoms with Crippen LogP contribution < -0.4 is 15.0 Å². The Morgan fingerprint density at radius 2 is 1.77 bits per heavy atom. The molecule has 22 heavy (non-hydrogen) atoms. The number of quaternary nitrogens is 2. The smallest absolute Gasteiger partial charge is 0.128 e. The second-order valence-corrected chi connectivity index (χ2v) is 5.76. The molecule has 0 saturated carbocycles. The van der Waals surface area contributed by atoms with Crippen molar-refractivity contribution in [1.82, 2.24) is 0 Å². The van der Waals surface area contributed by atoms with E-state index in [1.54, 1.807) is 12.1 Å². The Balaban J connectivity index is 1.89. The third kappa shape index (κ3) is 5.47. The summed E-state index contributed by atoms with van der Waals surface area (Å²) in [6, 6.07) is 14.5. The maximum absolute atomic E-state index is 12.9. The van der Waals surface area contributed by atoms with Crippen molar-refractivity contribution in [2.75, 3.05) is 27.2 Å². The Bertz CT molecular complexity index is 570. The first-order valence-electron chi connectivity index (χ1n) is 7.71. The quantitative estimate of drug-likeness (QED) is 0.688. The van der Waals surface area contributed by atoms with Gasteiger partial charge in [-0.3, -0.25) is 0 Å². The van der Waals surface area contributed by atoms with E-state index in [1.165, 1.54) is 22.6 Å². The third-order valence-corrected chi connectivity index (χ3v) is 3.49. The van der Waals surface area contributed by atoms with Gasteiger partial charge in [0.1, 0.15) is 37.8 Å². The van der Waals surface area contributed by atoms with E-state index in [0.717, 1.165) is 30.9 Å². The van der Waals surface area contributed by atoms with E-state index < -0.39 is 0 Å². The van der Waals surface area contributed by atoms with Crippen LogP contribution in [0.5, 0.6) is 5.75 Å². The number of nitrogens with two attached hydrogens (primary N) is 1. The van der Waals surface area contributed by atoms with Gasteiger partial charge in [0, 0.05) is 5.56 Å². The predicted octanol–water partition coefficient (Wildman–Crippen LogP) is 0.613. The highest BCUT2D eigenvalue weighted by Crippen LogP contribution is 2.18. The second kappa shape index (κ2) is 8.51. The van der Waals surface area contributed by atoms with Crippen LogP contribution in [0.2, 0.25) is 0 Å². The van der Waals surface area contributed by atoms with Crippen molar-refractivity contribution >= 4 is 0 Å².